The van der Waals surface area contributed by atoms with E-state index in [9.17, 15) is 14.8 Å². The van der Waals surface area contributed by atoms with Gasteiger partial charge in [-0.25, -0.2) is 0 Å². The van der Waals surface area contributed by atoms with Crippen molar-refractivity contribution in [3.8, 4) is 0 Å². The summed E-state index contributed by atoms with van der Waals surface area (Å²) in [5.41, 5.74) is 1.55. The van der Waals surface area contributed by atoms with Crippen LogP contribution < -0.4 is 5.32 Å². The fraction of sp³-hybridized carbons (Fsp3) is 0.471. The van der Waals surface area contributed by atoms with Crippen LogP contribution in [-0.4, -0.2) is 41.7 Å². The first-order valence-corrected chi connectivity index (χ1v) is 8.52. The highest BCUT2D eigenvalue weighted by molar-refractivity contribution is 6.32. The average Bonchev–Trinajstić information content (AvgIpc) is 3.30. The molecular weight excluding hydrogens is 325 g/mol. The number of carbonyl (C=O) groups excluding carboxylic acids is 1. The van der Waals surface area contributed by atoms with Gasteiger partial charge in [-0.2, -0.15) is 0 Å². The number of benzene rings is 1. The van der Waals surface area contributed by atoms with E-state index in [1.54, 1.807) is 6.26 Å². The molecule has 0 aliphatic carbocycles. The van der Waals surface area contributed by atoms with Gasteiger partial charge in [0, 0.05) is 17.4 Å². The lowest BCUT2D eigenvalue weighted by atomic mass is 9.88. The average molecular weight is 345 g/mol. The normalized spacial score (nSPS) is 26.1. The standard InChI is InChI=1S/C17H20BNO6/c20-17(13-8-11-5-6-15(13)24-11)19-16(25-18(21)22)7-10-9-23-14-4-2-1-3-12(10)14/h1-4,9,11,13,15-16,21-22H,5-8H2,(H,19,20)/t11-,13-,15+,16-/m0/s1. The molecule has 1 amide bonds. The molecule has 4 rings (SSSR count). The summed E-state index contributed by atoms with van der Waals surface area (Å²) in [7, 11) is -1.97. The first-order valence-electron chi connectivity index (χ1n) is 8.52. The highest BCUT2D eigenvalue weighted by Gasteiger charge is 2.44. The molecule has 0 radical (unpaired) electrons. The van der Waals surface area contributed by atoms with Crippen LogP contribution in [0.4, 0.5) is 0 Å². The summed E-state index contributed by atoms with van der Waals surface area (Å²) in [6.45, 7) is 0. The summed E-state index contributed by atoms with van der Waals surface area (Å²) < 4.78 is 16.3. The quantitative estimate of drug-likeness (QED) is 0.533. The topological polar surface area (TPSA) is 101 Å². The number of hydrogen-bond acceptors (Lipinski definition) is 6. The molecule has 2 bridgehead atoms. The van der Waals surface area contributed by atoms with Crippen LogP contribution in [0.2, 0.25) is 0 Å². The minimum Gasteiger partial charge on any atom is -0.464 e. The van der Waals surface area contributed by atoms with Gasteiger partial charge in [-0.1, -0.05) is 18.2 Å². The molecule has 2 fully saturated rings. The second-order valence-electron chi connectivity index (χ2n) is 6.64. The minimum absolute atomic E-state index is 0.0422. The van der Waals surface area contributed by atoms with Gasteiger partial charge >= 0.3 is 7.32 Å². The number of nitrogens with one attached hydrogen (secondary N) is 1. The fourth-order valence-corrected chi connectivity index (χ4v) is 3.85. The van der Waals surface area contributed by atoms with Gasteiger partial charge in [0.05, 0.1) is 24.4 Å². The third-order valence-electron chi connectivity index (χ3n) is 5.00. The summed E-state index contributed by atoms with van der Waals surface area (Å²) in [5, 5.41) is 22.0. The van der Waals surface area contributed by atoms with Crippen molar-refractivity contribution in [2.45, 2.75) is 44.1 Å². The summed E-state index contributed by atoms with van der Waals surface area (Å²) in [5.74, 6) is -0.382. The van der Waals surface area contributed by atoms with Gasteiger partial charge in [0.15, 0.2) is 0 Å². The molecule has 3 heterocycles. The second-order valence-corrected chi connectivity index (χ2v) is 6.64. The number of hydrogen-bond donors (Lipinski definition) is 3. The fourth-order valence-electron chi connectivity index (χ4n) is 3.85. The third kappa shape index (κ3) is 3.43. The van der Waals surface area contributed by atoms with E-state index in [2.05, 4.69) is 5.32 Å². The van der Waals surface area contributed by atoms with Crippen LogP contribution in [0.1, 0.15) is 24.8 Å². The summed E-state index contributed by atoms with van der Waals surface area (Å²) >= 11 is 0. The van der Waals surface area contributed by atoms with E-state index in [0.717, 1.165) is 29.4 Å². The number of ether oxygens (including phenoxy) is 1. The maximum atomic E-state index is 12.6. The van der Waals surface area contributed by atoms with E-state index < -0.39 is 13.5 Å². The second kappa shape index (κ2) is 6.80. The molecule has 1 aromatic heterocycles. The van der Waals surface area contributed by atoms with Crippen molar-refractivity contribution in [2.75, 3.05) is 0 Å². The van der Waals surface area contributed by atoms with E-state index in [-0.39, 0.29) is 30.5 Å². The summed E-state index contributed by atoms with van der Waals surface area (Å²) in [6.07, 6.45) is 3.72. The number of rotatable bonds is 6. The van der Waals surface area contributed by atoms with E-state index in [1.165, 1.54) is 0 Å². The van der Waals surface area contributed by atoms with Crippen molar-refractivity contribution in [1.29, 1.82) is 0 Å². The zero-order valence-corrected chi connectivity index (χ0v) is 13.6. The Morgan fingerprint density at radius 3 is 2.92 bits per heavy atom. The van der Waals surface area contributed by atoms with Crippen molar-refractivity contribution in [3.63, 3.8) is 0 Å². The Bertz CT molecular complexity index is 762. The lowest BCUT2D eigenvalue weighted by Crippen LogP contribution is -2.46. The third-order valence-corrected chi connectivity index (χ3v) is 5.00. The highest BCUT2D eigenvalue weighted by atomic mass is 16.6. The molecule has 0 saturated carbocycles. The van der Waals surface area contributed by atoms with Crippen molar-refractivity contribution in [1.82, 2.24) is 5.32 Å². The van der Waals surface area contributed by atoms with Gasteiger partial charge < -0.3 is 29.2 Å². The molecule has 8 heteroatoms. The van der Waals surface area contributed by atoms with E-state index in [0.29, 0.717) is 6.42 Å². The van der Waals surface area contributed by atoms with Gasteiger partial charge in [-0.15, -0.1) is 0 Å². The Morgan fingerprint density at radius 2 is 2.20 bits per heavy atom. The predicted octanol–water partition coefficient (Wildman–Crippen LogP) is 0.971. The number of fused-ring (bicyclic) bond motifs is 3. The molecule has 0 spiro atoms. The highest BCUT2D eigenvalue weighted by Crippen LogP contribution is 2.38. The first kappa shape index (κ1) is 16.6. The van der Waals surface area contributed by atoms with Gasteiger partial charge in [0.25, 0.3) is 0 Å². The van der Waals surface area contributed by atoms with Gasteiger partial charge in [0.1, 0.15) is 11.8 Å². The summed E-state index contributed by atoms with van der Waals surface area (Å²) in [6, 6.07) is 7.52. The van der Waals surface area contributed by atoms with E-state index in [1.807, 2.05) is 24.3 Å². The SMILES string of the molecule is O=C(N[C@H](Cc1coc2ccccc12)OB(O)O)[C@H]1C[C@@H]2CC[C@H]1O2. The zero-order chi connectivity index (χ0) is 17.4. The van der Waals surface area contributed by atoms with E-state index in [4.69, 9.17) is 13.8 Å². The number of para-hydroxylation sites is 1. The van der Waals surface area contributed by atoms with Crippen molar-refractivity contribution >= 4 is 24.2 Å². The van der Waals surface area contributed by atoms with Gasteiger partial charge in [-0.3, -0.25) is 4.79 Å². The predicted molar refractivity (Wildman–Crippen MR) is 89.1 cm³/mol. The summed E-state index contributed by atoms with van der Waals surface area (Å²) in [4.78, 5) is 12.6. The monoisotopic (exact) mass is 345 g/mol. The maximum Gasteiger partial charge on any atom is 0.635 e. The van der Waals surface area contributed by atoms with Crippen LogP contribution in [0.25, 0.3) is 11.0 Å². The van der Waals surface area contributed by atoms with Gasteiger partial charge in [-0.05, 0) is 25.3 Å². The van der Waals surface area contributed by atoms with Crippen LogP contribution in [0.15, 0.2) is 34.9 Å². The first-order chi connectivity index (χ1) is 12.1. The van der Waals surface area contributed by atoms with Crippen LogP contribution in [0.3, 0.4) is 0 Å². The molecule has 7 nitrogen and oxygen atoms in total. The Balaban J connectivity index is 1.47. The number of carbonyl (C=O) groups is 1. The molecule has 0 unspecified atom stereocenters. The minimum atomic E-state index is -1.97. The largest absolute Gasteiger partial charge is 0.635 e. The lowest BCUT2D eigenvalue weighted by Gasteiger charge is -2.23. The van der Waals surface area contributed by atoms with Crippen molar-refractivity contribution in [3.05, 3.63) is 36.1 Å². The van der Waals surface area contributed by atoms with Crippen LogP contribution in [-0.2, 0) is 20.6 Å². The number of furan rings is 1. The Labute approximate surface area is 145 Å². The molecule has 4 atom stereocenters. The Kier molecular flexibility index (Phi) is 4.51. The molecular formula is C17H20BNO6. The van der Waals surface area contributed by atoms with Crippen LogP contribution >= 0.6 is 0 Å². The lowest BCUT2D eigenvalue weighted by molar-refractivity contribution is -0.129. The Hall–Kier alpha value is -1.87. The molecule has 2 aliphatic heterocycles. The van der Waals surface area contributed by atoms with E-state index >= 15 is 0 Å². The smallest absolute Gasteiger partial charge is 0.464 e. The Morgan fingerprint density at radius 1 is 1.36 bits per heavy atom. The van der Waals surface area contributed by atoms with Crippen molar-refractivity contribution in [2.24, 2.45) is 5.92 Å². The molecule has 1 aromatic carbocycles. The molecule has 132 valence electrons. The maximum absolute atomic E-state index is 12.6. The van der Waals surface area contributed by atoms with Gasteiger partial charge in [0.2, 0.25) is 5.91 Å². The van der Waals surface area contributed by atoms with Crippen LogP contribution in [0, 0.1) is 5.92 Å². The van der Waals surface area contributed by atoms with Crippen molar-refractivity contribution < 1.29 is 28.7 Å². The van der Waals surface area contributed by atoms with Crippen LogP contribution in [0.5, 0.6) is 0 Å². The molecule has 3 N–H and O–H groups in total. The molecule has 2 saturated heterocycles. The molecule has 2 aliphatic rings. The zero-order valence-electron chi connectivity index (χ0n) is 13.6. The molecule has 2 aromatic rings. The number of amides is 1. The molecule has 25 heavy (non-hydrogen) atoms.